The summed E-state index contributed by atoms with van der Waals surface area (Å²) in [6, 6.07) is 2.58. The Hall–Kier alpha value is -0.870. The molecule has 0 amide bonds. The maximum atomic E-state index is 5.22. The Morgan fingerprint density at radius 2 is 2.28 bits per heavy atom. The summed E-state index contributed by atoms with van der Waals surface area (Å²) in [6.07, 6.45) is 5.63. The van der Waals surface area contributed by atoms with Crippen LogP contribution >= 0.6 is 0 Å². The molecule has 1 aromatic heterocycles. The van der Waals surface area contributed by atoms with Gasteiger partial charge in [-0.3, -0.25) is 4.90 Å². The zero-order valence-corrected chi connectivity index (χ0v) is 11.8. The normalized spacial score (nSPS) is 22.3. The first-order valence-corrected chi connectivity index (χ1v) is 6.93. The first-order valence-electron chi connectivity index (χ1n) is 6.93. The van der Waals surface area contributed by atoms with Crippen LogP contribution in [0.25, 0.3) is 0 Å². The van der Waals surface area contributed by atoms with Crippen LogP contribution in [0.5, 0.6) is 0 Å². The van der Waals surface area contributed by atoms with E-state index in [0.29, 0.717) is 6.04 Å². The Bertz CT molecular complexity index is 342. The van der Waals surface area contributed by atoms with Crippen LogP contribution in [0.2, 0.25) is 0 Å². The summed E-state index contributed by atoms with van der Waals surface area (Å²) in [6.45, 7) is 9.76. The lowest BCUT2D eigenvalue weighted by molar-refractivity contribution is 0.119. The molecule has 1 aliphatic rings. The molecule has 0 aliphatic carbocycles. The fourth-order valence-corrected chi connectivity index (χ4v) is 2.45. The van der Waals surface area contributed by atoms with Crippen molar-refractivity contribution in [3.05, 3.63) is 18.0 Å². The van der Waals surface area contributed by atoms with Crippen LogP contribution in [-0.4, -0.2) is 34.7 Å². The van der Waals surface area contributed by atoms with E-state index < -0.39 is 0 Å². The maximum Gasteiger partial charge on any atom is 0.150 e. The number of hydrogen-bond acceptors (Lipinski definition) is 4. The van der Waals surface area contributed by atoms with Gasteiger partial charge in [-0.05, 0) is 40.2 Å². The van der Waals surface area contributed by atoms with Gasteiger partial charge in [0.25, 0.3) is 0 Å². The Labute approximate surface area is 110 Å². The van der Waals surface area contributed by atoms with Crippen LogP contribution < -0.4 is 5.32 Å². The Morgan fingerprint density at radius 3 is 2.94 bits per heavy atom. The van der Waals surface area contributed by atoms with Crippen LogP contribution in [0, 0.1) is 0 Å². The van der Waals surface area contributed by atoms with Gasteiger partial charge >= 0.3 is 0 Å². The highest BCUT2D eigenvalue weighted by molar-refractivity contribution is 4.94. The van der Waals surface area contributed by atoms with Crippen molar-refractivity contribution >= 4 is 0 Å². The highest BCUT2D eigenvalue weighted by atomic mass is 16.5. The van der Waals surface area contributed by atoms with Gasteiger partial charge in [0.1, 0.15) is 0 Å². The highest BCUT2D eigenvalue weighted by Gasteiger charge is 2.24. The summed E-state index contributed by atoms with van der Waals surface area (Å²) in [5.41, 5.74) is 0.190. The van der Waals surface area contributed by atoms with E-state index in [1.165, 1.54) is 19.3 Å². The minimum atomic E-state index is 0.190. The van der Waals surface area contributed by atoms with E-state index in [1.54, 1.807) is 6.20 Å². The molecule has 2 heterocycles. The third-order valence-electron chi connectivity index (χ3n) is 3.47. The molecule has 0 saturated carbocycles. The topological polar surface area (TPSA) is 41.3 Å². The number of aromatic nitrogens is 1. The monoisotopic (exact) mass is 251 g/mol. The molecular weight excluding hydrogens is 226 g/mol. The molecule has 0 spiro atoms. The number of rotatable bonds is 4. The van der Waals surface area contributed by atoms with E-state index in [2.05, 4.69) is 36.1 Å². The van der Waals surface area contributed by atoms with Gasteiger partial charge in [-0.15, -0.1) is 0 Å². The number of nitrogens with zero attached hydrogens (tertiary/aromatic N) is 2. The van der Waals surface area contributed by atoms with E-state index >= 15 is 0 Å². The van der Waals surface area contributed by atoms with Crippen molar-refractivity contribution in [2.75, 3.05) is 13.1 Å². The largest absolute Gasteiger partial charge is 0.360 e. The maximum absolute atomic E-state index is 5.22. The molecule has 1 fully saturated rings. The van der Waals surface area contributed by atoms with Crippen molar-refractivity contribution in [2.24, 2.45) is 0 Å². The molecule has 0 radical (unpaired) electrons. The molecule has 0 aromatic carbocycles. The summed E-state index contributed by atoms with van der Waals surface area (Å²) >= 11 is 0. The molecule has 1 unspecified atom stereocenters. The van der Waals surface area contributed by atoms with Gasteiger partial charge in [-0.1, -0.05) is 11.6 Å². The average molecular weight is 251 g/mol. The molecule has 4 heteroatoms. The van der Waals surface area contributed by atoms with Gasteiger partial charge in [0.15, 0.2) is 5.76 Å². The van der Waals surface area contributed by atoms with Gasteiger partial charge in [0, 0.05) is 24.2 Å². The van der Waals surface area contributed by atoms with E-state index in [-0.39, 0.29) is 5.54 Å². The number of piperidine rings is 1. The van der Waals surface area contributed by atoms with Gasteiger partial charge in [-0.2, -0.15) is 0 Å². The van der Waals surface area contributed by atoms with Crippen molar-refractivity contribution < 1.29 is 4.52 Å². The molecule has 0 bridgehead atoms. The molecule has 18 heavy (non-hydrogen) atoms. The second-order valence-corrected chi connectivity index (χ2v) is 6.23. The van der Waals surface area contributed by atoms with Crippen LogP contribution in [0.4, 0.5) is 0 Å². The standard InChI is InChI=1S/C14H25N3O/c1-14(2,3)15-10-12-6-4-5-9-17(12)11-13-7-8-16-18-13/h7-8,12,15H,4-6,9-11H2,1-3H3. The lowest BCUT2D eigenvalue weighted by Gasteiger charge is -2.37. The van der Waals surface area contributed by atoms with Crippen molar-refractivity contribution in [1.82, 2.24) is 15.4 Å². The van der Waals surface area contributed by atoms with Gasteiger partial charge in [-0.25, -0.2) is 0 Å². The van der Waals surface area contributed by atoms with Crippen LogP contribution in [0.3, 0.4) is 0 Å². The van der Waals surface area contributed by atoms with E-state index in [1.807, 2.05) is 6.07 Å². The first-order chi connectivity index (χ1) is 8.54. The Morgan fingerprint density at radius 1 is 1.44 bits per heavy atom. The van der Waals surface area contributed by atoms with Crippen molar-refractivity contribution in [3.8, 4) is 0 Å². The van der Waals surface area contributed by atoms with Crippen LogP contribution in [-0.2, 0) is 6.54 Å². The molecule has 1 N–H and O–H groups in total. The number of likely N-dealkylation sites (tertiary alicyclic amines) is 1. The molecule has 1 aromatic rings. The minimum Gasteiger partial charge on any atom is -0.360 e. The third kappa shape index (κ3) is 4.10. The smallest absolute Gasteiger partial charge is 0.150 e. The lowest BCUT2D eigenvalue weighted by atomic mass is 10.0. The lowest BCUT2D eigenvalue weighted by Crippen LogP contribution is -2.49. The van der Waals surface area contributed by atoms with Crippen LogP contribution in [0.15, 0.2) is 16.8 Å². The average Bonchev–Trinajstić information content (AvgIpc) is 2.80. The quantitative estimate of drug-likeness (QED) is 0.892. The molecule has 1 atom stereocenters. The predicted octanol–water partition coefficient (Wildman–Crippen LogP) is 2.42. The first kappa shape index (κ1) is 13.6. The summed E-state index contributed by atoms with van der Waals surface area (Å²) in [4.78, 5) is 2.52. The van der Waals surface area contributed by atoms with Crippen molar-refractivity contribution in [1.29, 1.82) is 0 Å². The van der Waals surface area contributed by atoms with Gasteiger partial charge in [0.2, 0.25) is 0 Å². The van der Waals surface area contributed by atoms with Gasteiger partial charge in [0.05, 0.1) is 12.7 Å². The molecular formula is C14H25N3O. The molecule has 1 aliphatic heterocycles. The fraction of sp³-hybridized carbons (Fsp3) is 0.786. The van der Waals surface area contributed by atoms with Crippen LogP contribution in [0.1, 0.15) is 45.8 Å². The summed E-state index contributed by atoms with van der Waals surface area (Å²) in [7, 11) is 0. The summed E-state index contributed by atoms with van der Waals surface area (Å²) < 4.78 is 5.22. The summed E-state index contributed by atoms with van der Waals surface area (Å²) in [5.74, 6) is 0.970. The third-order valence-corrected chi connectivity index (χ3v) is 3.47. The molecule has 4 nitrogen and oxygen atoms in total. The summed E-state index contributed by atoms with van der Waals surface area (Å²) in [5, 5.41) is 7.39. The Kier molecular flexibility index (Phi) is 4.40. The zero-order chi connectivity index (χ0) is 13.0. The van der Waals surface area contributed by atoms with E-state index in [0.717, 1.165) is 25.4 Å². The number of hydrogen-bond donors (Lipinski definition) is 1. The molecule has 2 rings (SSSR count). The number of nitrogens with one attached hydrogen (secondary N) is 1. The van der Waals surface area contributed by atoms with E-state index in [9.17, 15) is 0 Å². The second-order valence-electron chi connectivity index (χ2n) is 6.23. The molecule has 1 saturated heterocycles. The minimum absolute atomic E-state index is 0.190. The predicted molar refractivity (Wildman–Crippen MR) is 72.3 cm³/mol. The highest BCUT2D eigenvalue weighted by Crippen LogP contribution is 2.19. The SMILES string of the molecule is CC(C)(C)NCC1CCCCN1Cc1ccno1. The van der Waals surface area contributed by atoms with Gasteiger partial charge < -0.3 is 9.84 Å². The fourth-order valence-electron chi connectivity index (χ4n) is 2.45. The van der Waals surface area contributed by atoms with E-state index in [4.69, 9.17) is 4.52 Å². The van der Waals surface area contributed by atoms with Crippen molar-refractivity contribution in [2.45, 2.75) is 58.2 Å². The second kappa shape index (κ2) is 5.85. The van der Waals surface area contributed by atoms with Crippen molar-refractivity contribution in [3.63, 3.8) is 0 Å². The Balaban J connectivity index is 1.89. The zero-order valence-electron chi connectivity index (χ0n) is 11.8. The molecule has 102 valence electrons.